The Morgan fingerprint density at radius 2 is 0.500 bits per heavy atom. The van der Waals surface area contributed by atoms with Crippen LogP contribution < -0.4 is 6.15 Å². The van der Waals surface area contributed by atoms with Gasteiger partial charge in [-0.2, -0.15) is 0 Å². The fraction of sp³-hybridized carbons (Fsp3) is 0. The van der Waals surface area contributed by atoms with Gasteiger partial charge in [-0.1, -0.05) is 0 Å². The molecule has 9 N–H and O–H groups in total. The number of rotatable bonds is 0. The highest BCUT2D eigenvalue weighted by Gasteiger charge is -0.344. The predicted molar refractivity (Wildman–Crippen MR) is 15.9 cm³/mol. The first-order chi connectivity index (χ1) is 0. The summed E-state index contributed by atoms with van der Waals surface area (Å²) in [6.45, 7) is 0. The van der Waals surface area contributed by atoms with Crippen molar-refractivity contribution in [3.05, 3.63) is 0 Å². The third-order valence-electron chi connectivity index (χ3n) is 0. The van der Waals surface area contributed by atoms with Crippen molar-refractivity contribution < 1.29 is 16.4 Å². The average molecular weight is 71.1 g/mol. The molecule has 0 aromatic rings. The molecule has 0 spiro atoms. The monoisotopic (exact) mass is 71.1 g/mol. The van der Waals surface area contributed by atoms with Gasteiger partial charge in [0.2, 0.25) is 0 Å². The van der Waals surface area contributed by atoms with E-state index in [4.69, 9.17) is 0 Å². The molecule has 0 bridgehead atoms. The maximum atomic E-state index is 0. The van der Waals surface area contributed by atoms with Crippen LogP contribution in [0.15, 0.2) is 0 Å². The Hall–Kier alpha value is -0.160. The van der Waals surface area contributed by atoms with Gasteiger partial charge in [0.25, 0.3) is 0 Å². The van der Waals surface area contributed by atoms with E-state index in [0.29, 0.717) is 0 Å². The third kappa shape index (κ3) is 50.7. The van der Waals surface area contributed by atoms with Crippen LogP contribution in [0.5, 0.6) is 0 Å². The Balaban J connectivity index is 0. The SMILES string of the molecule is N.O.O.O. The van der Waals surface area contributed by atoms with Crippen molar-refractivity contribution in [3.63, 3.8) is 0 Å². The quantitative estimate of drug-likeness (QED) is 0.338. The molecule has 0 saturated carbocycles. The van der Waals surface area contributed by atoms with Crippen molar-refractivity contribution in [2.45, 2.75) is 0 Å². The smallest absolute Gasteiger partial charge is 0.344 e. The van der Waals surface area contributed by atoms with Gasteiger partial charge in [0, 0.05) is 0 Å². The van der Waals surface area contributed by atoms with Crippen molar-refractivity contribution in [1.82, 2.24) is 6.15 Å². The summed E-state index contributed by atoms with van der Waals surface area (Å²) in [6.07, 6.45) is 0. The summed E-state index contributed by atoms with van der Waals surface area (Å²) in [5.74, 6) is 0. The molecular weight excluding hydrogens is 62.0 g/mol. The lowest BCUT2D eigenvalue weighted by Gasteiger charge is -0.413. The van der Waals surface area contributed by atoms with Gasteiger partial charge in [-0.25, -0.2) is 0 Å². The molecule has 0 saturated heterocycles. The highest BCUT2D eigenvalue weighted by molar-refractivity contribution is 2.13. The summed E-state index contributed by atoms with van der Waals surface area (Å²) >= 11 is 0. The average Bonchev–Trinajstić information content (AvgIpc) is 0. The van der Waals surface area contributed by atoms with Gasteiger partial charge in [0.05, 0.1) is 0 Å². The molecule has 0 fully saturated rings. The minimum atomic E-state index is 0. The van der Waals surface area contributed by atoms with E-state index >= 15 is 0 Å². The summed E-state index contributed by atoms with van der Waals surface area (Å²) in [6, 6.07) is 0. The largest absolute Gasteiger partial charge is 0.412 e. The van der Waals surface area contributed by atoms with Crippen LogP contribution in [0.1, 0.15) is 0 Å². The standard InChI is InChI=1S/H3N.3H2O/h1H3;3*1H2. The lowest BCUT2D eigenvalue weighted by Crippen LogP contribution is -0.481. The lowest BCUT2D eigenvalue weighted by atomic mass is 14.0. The van der Waals surface area contributed by atoms with Crippen LogP contribution in [0.2, 0.25) is 0 Å². The van der Waals surface area contributed by atoms with E-state index in [9.17, 15) is 0 Å². The van der Waals surface area contributed by atoms with Crippen LogP contribution in [0.25, 0.3) is 0 Å². The second-order valence-electron chi connectivity index (χ2n) is 0. The summed E-state index contributed by atoms with van der Waals surface area (Å²) in [5.41, 5.74) is 0. The Kier molecular flexibility index (Phi) is 114000. The first-order valence-corrected chi connectivity index (χ1v) is 0. The van der Waals surface area contributed by atoms with Crippen LogP contribution in [0, 0.1) is 0 Å². The van der Waals surface area contributed by atoms with E-state index in [-0.39, 0.29) is 22.6 Å². The van der Waals surface area contributed by atoms with Crippen molar-refractivity contribution in [2.75, 3.05) is 0 Å². The minimum Gasteiger partial charge on any atom is -0.412 e. The molecular formula is H9NO3. The van der Waals surface area contributed by atoms with Gasteiger partial charge in [0.15, 0.2) is 0 Å². The molecule has 0 aromatic carbocycles. The van der Waals surface area contributed by atoms with Gasteiger partial charge in [-0.15, -0.1) is 0 Å². The molecule has 0 rings (SSSR count). The first kappa shape index (κ1) is 1210. The van der Waals surface area contributed by atoms with Crippen LogP contribution >= 0.6 is 0 Å². The van der Waals surface area contributed by atoms with Crippen LogP contribution in [-0.2, 0) is 0 Å². The maximum absolute atomic E-state index is 0. The van der Waals surface area contributed by atoms with E-state index in [2.05, 4.69) is 0 Å². The topological polar surface area (TPSA) is 130 Å². The Morgan fingerprint density at radius 1 is 0.500 bits per heavy atom. The molecule has 0 aliphatic carbocycles. The Bertz CT molecular complexity index is 3.25. The molecule has 0 aliphatic heterocycles. The summed E-state index contributed by atoms with van der Waals surface area (Å²) < 4.78 is 0. The third-order valence-corrected chi connectivity index (χ3v) is 0. The predicted octanol–water partition coefficient (Wildman–Crippen LogP) is -2.31. The summed E-state index contributed by atoms with van der Waals surface area (Å²) in [4.78, 5) is 0. The molecule has 4 heteroatoms. The fourth-order valence-electron chi connectivity index (χ4n) is 0. The van der Waals surface area contributed by atoms with E-state index in [1.54, 1.807) is 0 Å². The van der Waals surface area contributed by atoms with Crippen molar-refractivity contribution in [1.29, 1.82) is 0 Å². The number of hydrogen-bond donors (Lipinski definition) is 1. The molecule has 0 amide bonds. The van der Waals surface area contributed by atoms with Gasteiger partial charge < -0.3 is 22.6 Å². The molecule has 4 heavy (non-hydrogen) atoms. The van der Waals surface area contributed by atoms with Crippen LogP contribution in [0.3, 0.4) is 0 Å². The van der Waals surface area contributed by atoms with Gasteiger partial charge in [-0.05, 0) is 0 Å². The lowest BCUT2D eigenvalue weighted by molar-refractivity contribution is 0.823. The van der Waals surface area contributed by atoms with Gasteiger partial charge >= 0.3 is 0 Å². The van der Waals surface area contributed by atoms with Crippen molar-refractivity contribution in [2.24, 2.45) is 0 Å². The number of hydrogen-bond acceptors (Lipinski definition) is 1. The zero-order valence-electron chi connectivity index (χ0n) is 2.21. The van der Waals surface area contributed by atoms with Crippen LogP contribution in [-0.4, -0.2) is 16.4 Å². The second-order valence-corrected chi connectivity index (χ2v) is 0. The van der Waals surface area contributed by atoms with E-state index < -0.39 is 0 Å². The molecule has 0 aliphatic rings. The van der Waals surface area contributed by atoms with Gasteiger partial charge in [0.1, 0.15) is 0 Å². The highest BCUT2D eigenvalue weighted by atomic mass is 16.0. The Morgan fingerprint density at radius 3 is 0.500 bits per heavy atom. The molecule has 0 atom stereocenters. The van der Waals surface area contributed by atoms with E-state index in [0.717, 1.165) is 0 Å². The molecule has 0 heterocycles. The Labute approximate surface area is 23.9 Å². The van der Waals surface area contributed by atoms with Crippen LogP contribution in [0.4, 0.5) is 0 Å². The highest BCUT2D eigenvalue weighted by Crippen LogP contribution is -0.287. The molecule has 32 valence electrons. The maximum Gasteiger partial charge on any atom is -0.344 e. The van der Waals surface area contributed by atoms with E-state index in [1.807, 2.05) is 0 Å². The van der Waals surface area contributed by atoms with Crippen molar-refractivity contribution in [3.8, 4) is 0 Å². The summed E-state index contributed by atoms with van der Waals surface area (Å²) in [7, 11) is 0. The molecule has 0 aromatic heterocycles. The fourth-order valence-corrected chi connectivity index (χ4v) is 0. The second kappa shape index (κ2) is 376. The molecule has 0 unspecified atom stereocenters. The molecule has 4 nitrogen and oxygen atoms in total. The normalized spacial score (nSPS) is 0. The van der Waals surface area contributed by atoms with E-state index in [1.165, 1.54) is 0 Å². The van der Waals surface area contributed by atoms with Gasteiger partial charge in [-0.3, -0.25) is 0 Å². The zero-order chi connectivity index (χ0) is 0. The molecule has 0 radical (unpaired) electrons. The van der Waals surface area contributed by atoms with Crippen molar-refractivity contribution >= 4 is 0 Å². The minimum absolute atomic E-state index is 0. The summed E-state index contributed by atoms with van der Waals surface area (Å²) in [5, 5.41) is 0. The zero-order valence-corrected chi connectivity index (χ0v) is 2.21. The first-order valence-electron chi connectivity index (χ1n) is 0.